The number of hydrogen-bond donors (Lipinski definition) is 1. The van der Waals surface area contributed by atoms with E-state index in [9.17, 15) is 0 Å². The van der Waals surface area contributed by atoms with Gasteiger partial charge < -0.3 is 5.32 Å². The molecule has 0 aromatic carbocycles. The smallest absolute Gasteiger partial charge is 0.152 e. The maximum atomic E-state index is 5.91. The molecule has 0 spiro atoms. The minimum absolute atomic E-state index is 0.486. The summed E-state index contributed by atoms with van der Waals surface area (Å²) in [5, 5.41) is 7.77. The highest BCUT2D eigenvalue weighted by Gasteiger charge is 2.01. The molecular weight excluding hydrogens is 212 g/mol. The summed E-state index contributed by atoms with van der Waals surface area (Å²) in [7, 11) is 1.90. The highest BCUT2D eigenvalue weighted by Crippen LogP contribution is 2.17. The van der Waals surface area contributed by atoms with E-state index in [-0.39, 0.29) is 0 Å². The van der Waals surface area contributed by atoms with Crippen LogP contribution in [0.15, 0.2) is 30.6 Å². The Kier molecular flexibility index (Phi) is 2.87. The van der Waals surface area contributed by atoms with Crippen LogP contribution in [0.1, 0.15) is 5.69 Å². The van der Waals surface area contributed by atoms with Crippen molar-refractivity contribution in [2.75, 3.05) is 5.32 Å². The number of nitrogens with one attached hydrogen (secondary N) is 1. The molecule has 78 valence electrons. The van der Waals surface area contributed by atoms with Crippen molar-refractivity contribution in [3.05, 3.63) is 41.4 Å². The lowest BCUT2D eigenvalue weighted by Crippen LogP contribution is -2.05. The van der Waals surface area contributed by atoms with Gasteiger partial charge in [-0.3, -0.25) is 4.68 Å². The molecule has 0 aliphatic carbocycles. The fraction of sp³-hybridized carbons (Fsp3) is 0.200. The maximum absolute atomic E-state index is 5.91. The normalized spacial score (nSPS) is 10.3. The van der Waals surface area contributed by atoms with E-state index in [4.69, 9.17) is 11.6 Å². The molecule has 2 rings (SSSR count). The molecule has 0 aliphatic rings. The summed E-state index contributed by atoms with van der Waals surface area (Å²) in [5.41, 5.74) is 1.93. The number of nitrogens with zero attached hydrogens (tertiary/aromatic N) is 3. The van der Waals surface area contributed by atoms with Crippen molar-refractivity contribution in [1.82, 2.24) is 14.8 Å². The van der Waals surface area contributed by atoms with E-state index in [2.05, 4.69) is 15.4 Å². The first-order chi connectivity index (χ1) is 7.27. The lowest BCUT2D eigenvalue weighted by atomic mass is 10.4. The van der Waals surface area contributed by atoms with E-state index < -0.39 is 0 Å². The Bertz CT molecular complexity index is 452. The third-order valence-corrected chi connectivity index (χ3v) is 2.44. The van der Waals surface area contributed by atoms with Gasteiger partial charge in [-0.2, -0.15) is 5.10 Å². The Morgan fingerprint density at radius 1 is 1.40 bits per heavy atom. The molecule has 0 radical (unpaired) electrons. The zero-order valence-corrected chi connectivity index (χ0v) is 9.07. The first-order valence-electron chi connectivity index (χ1n) is 4.58. The Labute approximate surface area is 92.9 Å². The molecule has 0 fully saturated rings. The second kappa shape index (κ2) is 4.31. The minimum atomic E-state index is 0.486. The van der Waals surface area contributed by atoms with Crippen LogP contribution in [0.5, 0.6) is 0 Å². The van der Waals surface area contributed by atoms with Gasteiger partial charge in [0.1, 0.15) is 0 Å². The molecule has 1 N–H and O–H groups in total. The van der Waals surface area contributed by atoms with Gasteiger partial charge in [-0.25, -0.2) is 4.98 Å². The first kappa shape index (κ1) is 9.98. The average Bonchev–Trinajstić information content (AvgIpc) is 2.63. The summed E-state index contributed by atoms with van der Waals surface area (Å²) < 4.78 is 1.82. The number of aryl methyl sites for hydroxylation is 1. The quantitative estimate of drug-likeness (QED) is 0.809. The van der Waals surface area contributed by atoms with Crippen LogP contribution < -0.4 is 5.32 Å². The van der Waals surface area contributed by atoms with Crippen LogP contribution in [0.3, 0.4) is 0 Å². The van der Waals surface area contributed by atoms with Gasteiger partial charge in [0, 0.05) is 19.4 Å². The Balaban J connectivity index is 2.06. The fourth-order valence-corrected chi connectivity index (χ4v) is 1.46. The van der Waals surface area contributed by atoms with Crippen molar-refractivity contribution in [2.45, 2.75) is 6.54 Å². The number of hydrogen-bond acceptors (Lipinski definition) is 3. The highest BCUT2D eigenvalue weighted by molar-refractivity contribution is 6.31. The van der Waals surface area contributed by atoms with E-state index in [1.54, 1.807) is 12.4 Å². The van der Waals surface area contributed by atoms with Gasteiger partial charge in [0.2, 0.25) is 0 Å². The summed E-state index contributed by atoms with van der Waals surface area (Å²) in [4.78, 5) is 3.98. The van der Waals surface area contributed by atoms with Crippen LogP contribution in [0.25, 0.3) is 0 Å². The van der Waals surface area contributed by atoms with Gasteiger partial charge in [0.25, 0.3) is 0 Å². The predicted molar refractivity (Wildman–Crippen MR) is 59.8 cm³/mol. The van der Waals surface area contributed by atoms with Gasteiger partial charge in [0.05, 0.1) is 17.9 Å². The first-order valence-corrected chi connectivity index (χ1v) is 4.96. The van der Waals surface area contributed by atoms with Crippen molar-refractivity contribution >= 4 is 17.3 Å². The number of anilines is 1. The van der Waals surface area contributed by atoms with E-state index in [1.165, 1.54) is 0 Å². The zero-order chi connectivity index (χ0) is 10.7. The molecular formula is C10H11ClN4. The lowest BCUT2D eigenvalue weighted by Gasteiger charge is -2.07. The third kappa shape index (κ3) is 2.27. The van der Waals surface area contributed by atoms with Gasteiger partial charge >= 0.3 is 0 Å². The van der Waals surface area contributed by atoms with Crippen molar-refractivity contribution < 1.29 is 0 Å². The topological polar surface area (TPSA) is 42.7 Å². The molecule has 15 heavy (non-hydrogen) atoms. The number of rotatable bonds is 3. The van der Waals surface area contributed by atoms with E-state index >= 15 is 0 Å². The number of aromatic nitrogens is 3. The van der Waals surface area contributed by atoms with E-state index in [0.717, 1.165) is 11.4 Å². The van der Waals surface area contributed by atoms with Crippen molar-refractivity contribution in [2.24, 2.45) is 7.05 Å². The van der Waals surface area contributed by atoms with Crippen LogP contribution in [0.2, 0.25) is 5.15 Å². The predicted octanol–water partition coefficient (Wildman–Crippen LogP) is 2.08. The van der Waals surface area contributed by atoms with Gasteiger partial charge in [-0.1, -0.05) is 11.6 Å². The van der Waals surface area contributed by atoms with Crippen molar-refractivity contribution in [3.8, 4) is 0 Å². The fourth-order valence-electron chi connectivity index (χ4n) is 1.28. The summed E-state index contributed by atoms with van der Waals surface area (Å²) in [6.45, 7) is 0.682. The van der Waals surface area contributed by atoms with Crippen molar-refractivity contribution in [1.29, 1.82) is 0 Å². The average molecular weight is 223 g/mol. The van der Waals surface area contributed by atoms with Crippen molar-refractivity contribution in [3.63, 3.8) is 0 Å². The highest BCUT2D eigenvalue weighted by atomic mass is 35.5. The summed E-state index contributed by atoms with van der Waals surface area (Å²) >= 11 is 5.91. The second-order valence-electron chi connectivity index (χ2n) is 3.14. The van der Waals surface area contributed by atoms with Crippen LogP contribution in [0, 0.1) is 0 Å². The third-order valence-electron chi connectivity index (χ3n) is 2.14. The Hall–Kier alpha value is -1.55. The molecule has 0 bridgehead atoms. The van der Waals surface area contributed by atoms with Crippen LogP contribution in [-0.2, 0) is 13.6 Å². The molecule has 0 unspecified atom stereocenters. The van der Waals surface area contributed by atoms with E-state index in [0.29, 0.717) is 11.7 Å². The molecule has 2 aromatic rings. The van der Waals surface area contributed by atoms with Crippen LogP contribution in [0.4, 0.5) is 5.69 Å². The molecule has 0 amide bonds. The van der Waals surface area contributed by atoms with E-state index in [1.807, 2.05) is 29.9 Å². The van der Waals surface area contributed by atoms with Gasteiger partial charge in [-0.05, 0) is 18.2 Å². The van der Waals surface area contributed by atoms with Gasteiger partial charge in [0.15, 0.2) is 5.15 Å². The molecule has 2 aromatic heterocycles. The zero-order valence-electron chi connectivity index (χ0n) is 8.31. The summed E-state index contributed by atoms with van der Waals surface area (Å²) in [5.74, 6) is 0. The lowest BCUT2D eigenvalue weighted by molar-refractivity contribution is 0.720. The standard InChI is InChI=1S/C10H11ClN4/c1-15-8(4-6-14-15)7-13-9-3-2-5-12-10(9)11/h2-6,13H,7H2,1H3. The Morgan fingerprint density at radius 2 is 2.27 bits per heavy atom. The SMILES string of the molecule is Cn1nccc1CNc1cccnc1Cl. The maximum Gasteiger partial charge on any atom is 0.152 e. The molecule has 2 heterocycles. The molecule has 0 atom stereocenters. The summed E-state index contributed by atoms with van der Waals surface area (Å²) in [6.07, 6.45) is 3.43. The molecule has 0 saturated carbocycles. The second-order valence-corrected chi connectivity index (χ2v) is 3.50. The van der Waals surface area contributed by atoms with Gasteiger partial charge in [-0.15, -0.1) is 0 Å². The molecule has 4 nitrogen and oxygen atoms in total. The largest absolute Gasteiger partial charge is 0.377 e. The minimum Gasteiger partial charge on any atom is -0.377 e. The molecule has 5 heteroatoms. The summed E-state index contributed by atoms with van der Waals surface area (Å²) in [6, 6.07) is 5.69. The number of halogens is 1. The monoisotopic (exact) mass is 222 g/mol. The van der Waals surface area contributed by atoms with Crippen LogP contribution >= 0.6 is 11.6 Å². The Morgan fingerprint density at radius 3 is 2.93 bits per heavy atom. The molecule has 0 saturated heterocycles. The van der Waals surface area contributed by atoms with Crippen LogP contribution in [-0.4, -0.2) is 14.8 Å². The molecule has 0 aliphatic heterocycles. The number of pyridine rings is 1.